The van der Waals surface area contributed by atoms with Crippen molar-refractivity contribution in [1.82, 2.24) is 0 Å². The topological polar surface area (TPSA) is 96.3 Å². The van der Waals surface area contributed by atoms with Gasteiger partial charge in [-0.3, -0.25) is 0 Å². The number of carbonyl (C=O) groups excluding carboxylic acids is 1. The number of phenolic OH excluding ortho intramolecular Hbond substituents is 1. The Kier molecular flexibility index (Phi) is 4.57. The maximum Gasteiger partial charge on any atom is 0.379 e. The summed E-state index contributed by atoms with van der Waals surface area (Å²) in [6.45, 7) is 1.06. The molecule has 0 unspecified atom stereocenters. The van der Waals surface area contributed by atoms with E-state index in [-0.39, 0.29) is 6.61 Å². The van der Waals surface area contributed by atoms with Gasteiger partial charge in [-0.05, 0) is 13.0 Å². The normalized spacial score (nSPS) is 12.6. The van der Waals surface area contributed by atoms with Gasteiger partial charge in [-0.1, -0.05) is 6.07 Å². The average Bonchev–Trinajstić information content (AvgIpc) is 2.39. The van der Waals surface area contributed by atoms with Crippen LogP contribution in [0.3, 0.4) is 0 Å². The highest BCUT2D eigenvalue weighted by atomic mass is 19.3. The van der Waals surface area contributed by atoms with Crippen LogP contribution in [-0.2, 0) is 9.53 Å². The lowest BCUT2D eigenvalue weighted by Crippen LogP contribution is -2.41. The van der Waals surface area contributed by atoms with E-state index < -0.39 is 40.6 Å². The first-order valence-corrected chi connectivity index (χ1v) is 5.49. The number of ether oxygens (including phenoxy) is 1. The Morgan fingerprint density at radius 3 is 2.70 bits per heavy atom. The van der Waals surface area contributed by atoms with E-state index in [4.69, 9.17) is 11.0 Å². The van der Waals surface area contributed by atoms with Crippen LogP contribution in [0.5, 0.6) is 5.75 Å². The van der Waals surface area contributed by atoms with E-state index in [0.717, 1.165) is 6.07 Å². The number of alkyl halides is 2. The average molecular weight is 288 g/mol. The molecule has 108 valence electrons. The van der Waals surface area contributed by atoms with Gasteiger partial charge in [0.25, 0.3) is 0 Å². The standard InChI is InChI=1S/C12H11F3N2O3/c1-2-20-11(19)12(14,15)10(17)6-3-4-8(13)7(5-16)9(6)18/h3-4,10,18H,2,17H2,1H3/t10-/m0/s1. The zero-order chi connectivity index (χ0) is 15.5. The maximum absolute atomic E-state index is 13.7. The monoisotopic (exact) mass is 288 g/mol. The first-order chi connectivity index (χ1) is 9.27. The van der Waals surface area contributed by atoms with Crippen LogP contribution < -0.4 is 5.73 Å². The van der Waals surface area contributed by atoms with Crippen molar-refractivity contribution in [3.63, 3.8) is 0 Å². The molecule has 1 rings (SSSR count). The summed E-state index contributed by atoms with van der Waals surface area (Å²) in [5, 5.41) is 18.2. The first-order valence-electron chi connectivity index (χ1n) is 5.49. The molecule has 1 aromatic rings. The summed E-state index contributed by atoms with van der Waals surface area (Å²) in [5.41, 5.74) is 3.79. The van der Waals surface area contributed by atoms with Crippen LogP contribution in [0.2, 0.25) is 0 Å². The molecule has 0 radical (unpaired) electrons. The largest absolute Gasteiger partial charge is 0.506 e. The van der Waals surface area contributed by atoms with Crippen LogP contribution in [0, 0.1) is 17.1 Å². The molecule has 1 atom stereocenters. The molecule has 0 saturated heterocycles. The number of nitriles is 1. The number of benzene rings is 1. The van der Waals surface area contributed by atoms with Crippen LogP contribution in [0.1, 0.15) is 24.1 Å². The number of rotatable bonds is 4. The zero-order valence-corrected chi connectivity index (χ0v) is 10.4. The minimum Gasteiger partial charge on any atom is -0.506 e. The molecule has 0 aliphatic carbocycles. The quantitative estimate of drug-likeness (QED) is 0.820. The second-order valence-corrected chi connectivity index (χ2v) is 3.79. The van der Waals surface area contributed by atoms with E-state index in [9.17, 15) is 23.1 Å². The summed E-state index contributed by atoms with van der Waals surface area (Å²) in [6, 6.07) is 0.538. The van der Waals surface area contributed by atoms with Crippen molar-refractivity contribution in [2.24, 2.45) is 5.73 Å². The van der Waals surface area contributed by atoms with E-state index in [1.165, 1.54) is 13.0 Å². The van der Waals surface area contributed by atoms with Gasteiger partial charge in [-0.15, -0.1) is 0 Å². The molecule has 8 heteroatoms. The number of nitrogens with zero attached hydrogens (tertiary/aromatic N) is 1. The molecule has 0 spiro atoms. The number of carbonyl (C=O) groups is 1. The summed E-state index contributed by atoms with van der Waals surface area (Å²) in [4.78, 5) is 11.1. The minimum absolute atomic E-state index is 0.278. The Bertz CT molecular complexity index is 570. The molecule has 20 heavy (non-hydrogen) atoms. The third-order valence-corrected chi connectivity index (χ3v) is 2.54. The molecule has 0 saturated carbocycles. The molecule has 0 amide bonds. The van der Waals surface area contributed by atoms with Crippen LogP contribution in [0.15, 0.2) is 12.1 Å². The number of nitrogens with two attached hydrogens (primary N) is 1. The molecule has 3 N–H and O–H groups in total. The number of hydrogen-bond acceptors (Lipinski definition) is 5. The van der Waals surface area contributed by atoms with Gasteiger partial charge in [0, 0.05) is 5.56 Å². The van der Waals surface area contributed by atoms with Gasteiger partial charge in [-0.25, -0.2) is 9.18 Å². The summed E-state index contributed by atoms with van der Waals surface area (Å²) in [5.74, 6) is -8.10. The molecule has 0 aliphatic rings. The highest BCUT2D eigenvalue weighted by Gasteiger charge is 2.48. The Balaban J connectivity index is 3.25. The lowest BCUT2D eigenvalue weighted by molar-refractivity contribution is -0.174. The van der Waals surface area contributed by atoms with Crippen molar-refractivity contribution < 1.29 is 27.8 Å². The molecule has 0 aromatic heterocycles. The maximum atomic E-state index is 13.7. The smallest absolute Gasteiger partial charge is 0.379 e. The Labute approximate surface area is 112 Å². The highest BCUT2D eigenvalue weighted by molar-refractivity contribution is 5.79. The molecule has 0 aliphatic heterocycles. The van der Waals surface area contributed by atoms with Crippen molar-refractivity contribution in [1.29, 1.82) is 5.26 Å². The van der Waals surface area contributed by atoms with Gasteiger partial charge in [-0.2, -0.15) is 14.0 Å². The molecular formula is C12H11F3N2O3. The van der Waals surface area contributed by atoms with Crippen LogP contribution in [0.4, 0.5) is 13.2 Å². The second-order valence-electron chi connectivity index (χ2n) is 3.79. The van der Waals surface area contributed by atoms with E-state index in [1.54, 1.807) is 0 Å². The highest BCUT2D eigenvalue weighted by Crippen LogP contribution is 2.37. The molecule has 0 bridgehead atoms. The predicted octanol–water partition coefficient (Wildman–Crippen LogP) is 1.60. The number of phenols is 1. The molecule has 1 aromatic carbocycles. The number of hydrogen-bond donors (Lipinski definition) is 2. The fraction of sp³-hybridized carbons (Fsp3) is 0.333. The number of aromatic hydroxyl groups is 1. The molecule has 0 heterocycles. The zero-order valence-electron chi connectivity index (χ0n) is 10.4. The van der Waals surface area contributed by atoms with Gasteiger partial charge >= 0.3 is 11.9 Å². The van der Waals surface area contributed by atoms with Crippen molar-refractivity contribution >= 4 is 5.97 Å². The van der Waals surface area contributed by atoms with Crippen molar-refractivity contribution in [3.8, 4) is 11.8 Å². The van der Waals surface area contributed by atoms with E-state index in [1.807, 2.05) is 0 Å². The molecule has 0 fully saturated rings. The van der Waals surface area contributed by atoms with Crippen molar-refractivity contribution in [2.75, 3.05) is 6.61 Å². The van der Waals surface area contributed by atoms with Crippen LogP contribution in [-0.4, -0.2) is 23.6 Å². The number of esters is 1. The third kappa shape index (κ3) is 2.67. The van der Waals surface area contributed by atoms with E-state index in [2.05, 4.69) is 4.74 Å². The summed E-state index contributed by atoms with van der Waals surface area (Å²) in [7, 11) is 0. The van der Waals surface area contributed by atoms with E-state index >= 15 is 0 Å². The lowest BCUT2D eigenvalue weighted by Gasteiger charge is -2.22. The fourth-order valence-electron chi connectivity index (χ4n) is 1.49. The second kappa shape index (κ2) is 5.79. The lowest BCUT2D eigenvalue weighted by atomic mass is 9.98. The SMILES string of the molecule is CCOC(=O)C(F)(F)[C@@H](N)c1ccc(F)c(C#N)c1O. The van der Waals surface area contributed by atoms with Crippen LogP contribution >= 0.6 is 0 Å². The van der Waals surface area contributed by atoms with Gasteiger partial charge in [0.15, 0.2) is 0 Å². The predicted molar refractivity (Wildman–Crippen MR) is 61.3 cm³/mol. The van der Waals surface area contributed by atoms with Gasteiger partial charge in [0.1, 0.15) is 29.2 Å². The first kappa shape index (κ1) is 15.8. The van der Waals surface area contributed by atoms with Crippen molar-refractivity contribution in [3.05, 3.63) is 29.1 Å². The van der Waals surface area contributed by atoms with Gasteiger partial charge < -0.3 is 15.6 Å². The third-order valence-electron chi connectivity index (χ3n) is 2.54. The minimum atomic E-state index is -4.13. The Morgan fingerprint density at radius 2 is 2.20 bits per heavy atom. The Morgan fingerprint density at radius 1 is 1.60 bits per heavy atom. The molecular weight excluding hydrogens is 277 g/mol. The summed E-state index contributed by atoms with van der Waals surface area (Å²) >= 11 is 0. The molecule has 5 nitrogen and oxygen atoms in total. The Hall–Kier alpha value is -2.27. The number of halogens is 3. The van der Waals surface area contributed by atoms with Gasteiger partial charge in [0.05, 0.1) is 6.61 Å². The fourth-order valence-corrected chi connectivity index (χ4v) is 1.49. The van der Waals surface area contributed by atoms with Crippen molar-refractivity contribution in [2.45, 2.75) is 18.9 Å². The van der Waals surface area contributed by atoms with Gasteiger partial charge in [0.2, 0.25) is 0 Å². The van der Waals surface area contributed by atoms with E-state index in [0.29, 0.717) is 6.07 Å². The summed E-state index contributed by atoms with van der Waals surface area (Å²) in [6.07, 6.45) is 0. The van der Waals surface area contributed by atoms with Crippen LogP contribution in [0.25, 0.3) is 0 Å². The summed E-state index contributed by atoms with van der Waals surface area (Å²) < 4.78 is 44.8.